The highest BCUT2D eigenvalue weighted by Gasteiger charge is 2.09. The van der Waals surface area contributed by atoms with Crippen molar-refractivity contribution in [3.8, 4) is 11.5 Å². The molecule has 1 amide bonds. The Hall–Kier alpha value is -3.42. The number of benzene rings is 2. The Labute approximate surface area is 143 Å². The van der Waals surface area contributed by atoms with Crippen molar-refractivity contribution in [3.05, 3.63) is 48.0 Å². The van der Waals surface area contributed by atoms with E-state index >= 15 is 0 Å². The molecule has 0 spiro atoms. The molecule has 0 saturated heterocycles. The second-order valence-electron chi connectivity index (χ2n) is 5.35. The summed E-state index contributed by atoms with van der Waals surface area (Å²) in [6.45, 7) is 1.76. The van der Waals surface area contributed by atoms with Crippen LogP contribution >= 0.6 is 0 Å². The Morgan fingerprint density at radius 3 is 2.92 bits per heavy atom. The van der Waals surface area contributed by atoms with Crippen LogP contribution in [0, 0.1) is 0 Å². The van der Waals surface area contributed by atoms with E-state index in [1.807, 2.05) is 24.3 Å². The van der Waals surface area contributed by atoms with Crippen LogP contribution in [0.4, 0.5) is 0 Å². The normalized spacial score (nSPS) is 11.5. The molecular weight excluding hydrogens is 322 g/mol. The van der Waals surface area contributed by atoms with E-state index in [0.717, 1.165) is 16.6 Å². The first kappa shape index (κ1) is 16.4. The van der Waals surface area contributed by atoms with Crippen molar-refractivity contribution >= 4 is 22.7 Å². The van der Waals surface area contributed by atoms with E-state index in [4.69, 9.17) is 4.74 Å². The van der Waals surface area contributed by atoms with Gasteiger partial charge in [0.1, 0.15) is 12.1 Å². The van der Waals surface area contributed by atoms with Crippen LogP contribution in [0.25, 0.3) is 11.0 Å². The van der Waals surface area contributed by atoms with Crippen molar-refractivity contribution < 1.29 is 14.6 Å². The van der Waals surface area contributed by atoms with E-state index in [1.165, 1.54) is 17.9 Å². The first-order valence-electron chi connectivity index (χ1n) is 7.57. The van der Waals surface area contributed by atoms with Gasteiger partial charge in [0.05, 0.1) is 18.3 Å². The van der Waals surface area contributed by atoms with E-state index in [-0.39, 0.29) is 18.2 Å². The van der Waals surface area contributed by atoms with E-state index in [0.29, 0.717) is 11.5 Å². The lowest BCUT2D eigenvalue weighted by molar-refractivity contribution is -0.121. The molecule has 0 aliphatic carbocycles. The average molecular weight is 339 g/mol. The lowest BCUT2D eigenvalue weighted by Gasteiger charge is -2.07. The van der Waals surface area contributed by atoms with Gasteiger partial charge in [-0.15, -0.1) is 5.10 Å². The summed E-state index contributed by atoms with van der Waals surface area (Å²) in [5.41, 5.74) is 5.30. The molecule has 25 heavy (non-hydrogen) atoms. The molecule has 8 nitrogen and oxygen atoms in total. The highest BCUT2D eigenvalue weighted by molar-refractivity contribution is 5.99. The third-order valence-electron chi connectivity index (χ3n) is 3.66. The second kappa shape index (κ2) is 7.00. The number of aromatic hydroxyl groups is 1. The largest absolute Gasteiger partial charge is 0.504 e. The van der Waals surface area contributed by atoms with Crippen molar-refractivity contribution in [2.75, 3.05) is 7.11 Å². The predicted molar refractivity (Wildman–Crippen MR) is 92.5 cm³/mol. The lowest BCUT2D eigenvalue weighted by Crippen LogP contribution is -2.24. The van der Waals surface area contributed by atoms with Crippen LogP contribution < -0.4 is 10.2 Å². The minimum atomic E-state index is -0.319. The number of phenolic OH excluding ortho intramolecular Hbond substituents is 1. The van der Waals surface area contributed by atoms with Crippen LogP contribution in [-0.2, 0) is 11.3 Å². The third kappa shape index (κ3) is 3.57. The Balaban J connectivity index is 1.69. The highest BCUT2D eigenvalue weighted by Crippen LogP contribution is 2.26. The maximum atomic E-state index is 12.1. The summed E-state index contributed by atoms with van der Waals surface area (Å²) in [5.74, 6) is 0.0642. The molecule has 1 heterocycles. The molecule has 0 bridgehead atoms. The highest BCUT2D eigenvalue weighted by atomic mass is 16.5. The Morgan fingerprint density at radius 2 is 2.12 bits per heavy atom. The number of ether oxygens (including phenoxy) is 1. The lowest BCUT2D eigenvalue weighted by atomic mass is 10.1. The maximum Gasteiger partial charge on any atom is 0.261 e. The molecule has 0 atom stereocenters. The van der Waals surface area contributed by atoms with Gasteiger partial charge >= 0.3 is 0 Å². The molecule has 3 rings (SSSR count). The number of phenols is 1. The number of hydrogen-bond acceptors (Lipinski definition) is 6. The fourth-order valence-electron chi connectivity index (χ4n) is 2.32. The van der Waals surface area contributed by atoms with Crippen LogP contribution in [-0.4, -0.2) is 38.8 Å². The molecule has 0 radical (unpaired) electrons. The van der Waals surface area contributed by atoms with Crippen molar-refractivity contribution in [2.24, 2.45) is 5.10 Å². The second-order valence-corrected chi connectivity index (χ2v) is 5.35. The molecule has 0 aliphatic rings. The first-order valence-corrected chi connectivity index (χ1v) is 7.57. The molecular formula is C17H17N5O3. The monoisotopic (exact) mass is 339 g/mol. The van der Waals surface area contributed by atoms with Crippen molar-refractivity contribution in [2.45, 2.75) is 13.5 Å². The van der Waals surface area contributed by atoms with Gasteiger partial charge < -0.3 is 9.84 Å². The summed E-state index contributed by atoms with van der Waals surface area (Å²) in [6, 6.07) is 12.2. The first-order chi connectivity index (χ1) is 12.1. The van der Waals surface area contributed by atoms with Gasteiger partial charge in [-0.3, -0.25) is 4.79 Å². The zero-order valence-electron chi connectivity index (χ0n) is 13.8. The van der Waals surface area contributed by atoms with Gasteiger partial charge in [-0.1, -0.05) is 17.3 Å². The van der Waals surface area contributed by atoms with Gasteiger partial charge in [0.25, 0.3) is 5.91 Å². The van der Waals surface area contributed by atoms with E-state index < -0.39 is 0 Å². The van der Waals surface area contributed by atoms with Crippen molar-refractivity contribution in [1.29, 1.82) is 0 Å². The molecule has 2 N–H and O–H groups in total. The van der Waals surface area contributed by atoms with Gasteiger partial charge in [-0.2, -0.15) is 5.10 Å². The number of rotatable bonds is 5. The number of carbonyl (C=O) groups excluding carboxylic acids is 1. The molecule has 8 heteroatoms. The van der Waals surface area contributed by atoms with Gasteiger partial charge in [-0.05, 0) is 37.3 Å². The molecule has 2 aromatic carbocycles. The molecule has 1 aromatic heterocycles. The van der Waals surface area contributed by atoms with Crippen LogP contribution in [0.5, 0.6) is 11.5 Å². The van der Waals surface area contributed by atoms with Gasteiger partial charge in [-0.25, -0.2) is 10.1 Å². The zero-order valence-corrected chi connectivity index (χ0v) is 13.8. The maximum absolute atomic E-state index is 12.1. The summed E-state index contributed by atoms with van der Waals surface area (Å²) in [6.07, 6.45) is 0. The van der Waals surface area contributed by atoms with Crippen LogP contribution in [0.15, 0.2) is 47.6 Å². The Kier molecular flexibility index (Phi) is 4.60. The minimum Gasteiger partial charge on any atom is -0.504 e. The summed E-state index contributed by atoms with van der Waals surface area (Å²) in [4.78, 5) is 12.1. The van der Waals surface area contributed by atoms with Gasteiger partial charge in [0.15, 0.2) is 11.5 Å². The Bertz CT molecular complexity index is 948. The molecule has 3 aromatic rings. The zero-order chi connectivity index (χ0) is 17.8. The smallest absolute Gasteiger partial charge is 0.261 e. The summed E-state index contributed by atoms with van der Waals surface area (Å²) >= 11 is 0. The van der Waals surface area contributed by atoms with Crippen LogP contribution in [0.1, 0.15) is 12.5 Å². The van der Waals surface area contributed by atoms with Gasteiger partial charge in [0, 0.05) is 5.56 Å². The molecule has 0 unspecified atom stereocenters. The topological polar surface area (TPSA) is 102 Å². The van der Waals surface area contributed by atoms with Crippen LogP contribution in [0.2, 0.25) is 0 Å². The number of nitrogens with zero attached hydrogens (tertiary/aromatic N) is 4. The third-order valence-corrected chi connectivity index (χ3v) is 3.66. The van der Waals surface area contributed by atoms with Crippen LogP contribution in [0.3, 0.4) is 0 Å². The SMILES string of the molecule is COc1cc(/C(C)=N\NC(=O)Cn2nnc3ccccc32)ccc1O. The number of nitrogens with one attached hydrogen (secondary N) is 1. The number of para-hydroxylation sites is 1. The fourth-order valence-corrected chi connectivity index (χ4v) is 2.32. The number of methoxy groups -OCH3 is 1. The number of aromatic nitrogens is 3. The summed E-state index contributed by atoms with van der Waals surface area (Å²) in [5, 5.41) is 21.7. The minimum absolute atomic E-state index is 0.0101. The van der Waals surface area contributed by atoms with E-state index in [1.54, 1.807) is 19.1 Å². The number of hydrogen-bond donors (Lipinski definition) is 2. The van der Waals surface area contributed by atoms with Crippen molar-refractivity contribution in [1.82, 2.24) is 20.4 Å². The quantitative estimate of drug-likeness (QED) is 0.544. The number of hydrazone groups is 1. The summed E-state index contributed by atoms with van der Waals surface area (Å²) < 4.78 is 6.57. The van der Waals surface area contributed by atoms with Crippen molar-refractivity contribution in [3.63, 3.8) is 0 Å². The Morgan fingerprint density at radius 1 is 1.32 bits per heavy atom. The average Bonchev–Trinajstić information content (AvgIpc) is 3.03. The fraction of sp³-hybridized carbons (Fsp3) is 0.176. The number of amides is 1. The van der Waals surface area contributed by atoms with E-state index in [2.05, 4.69) is 20.8 Å². The number of carbonyl (C=O) groups is 1. The standard InChI is InChI=1S/C17H17N5O3/c1-11(12-7-8-15(23)16(9-12)25-2)18-20-17(24)10-22-14-6-4-3-5-13(14)19-21-22/h3-9,23H,10H2,1-2H3,(H,20,24)/b18-11-. The van der Waals surface area contributed by atoms with Gasteiger partial charge in [0.2, 0.25) is 0 Å². The molecule has 0 aliphatic heterocycles. The summed E-state index contributed by atoms with van der Waals surface area (Å²) in [7, 11) is 1.47. The molecule has 0 saturated carbocycles. The molecule has 128 valence electrons. The predicted octanol–water partition coefficient (Wildman–Crippen LogP) is 1.69. The van der Waals surface area contributed by atoms with E-state index in [9.17, 15) is 9.90 Å². The number of fused-ring (bicyclic) bond motifs is 1. The molecule has 0 fully saturated rings.